The highest BCUT2D eigenvalue weighted by Gasteiger charge is 2.27. The van der Waals surface area contributed by atoms with Gasteiger partial charge in [-0.25, -0.2) is 0 Å². The van der Waals surface area contributed by atoms with Crippen LogP contribution in [0.4, 0.5) is 14.5 Å². The van der Waals surface area contributed by atoms with Crippen LogP contribution in [0.3, 0.4) is 0 Å². The third kappa shape index (κ3) is 5.85. The highest BCUT2D eigenvalue weighted by atomic mass is 32.2. The van der Waals surface area contributed by atoms with Gasteiger partial charge in [-0.2, -0.15) is 8.78 Å². The summed E-state index contributed by atoms with van der Waals surface area (Å²) < 4.78 is 25.0. The molecule has 166 valence electrons. The molecule has 32 heavy (non-hydrogen) atoms. The van der Waals surface area contributed by atoms with Gasteiger partial charge in [-0.3, -0.25) is 4.90 Å². The van der Waals surface area contributed by atoms with Crippen molar-refractivity contribution in [3.05, 3.63) is 96.1 Å². The van der Waals surface area contributed by atoms with Crippen molar-refractivity contribution in [3.63, 3.8) is 0 Å². The highest BCUT2D eigenvalue weighted by molar-refractivity contribution is 7.99. The SMILES string of the molecule is FC(F)Sc1ccc(NC(=S)N2CCN(C(c3ccccc3)c3ccccc3)CC2)cc1. The molecular formula is C25H25F2N3S2. The van der Waals surface area contributed by atoms with Gasteiger partial charge in [-0.15, -0.1) is 0 Å². The van der Waals surface area contributed by atoms with E-state index in [0.717, 1.165) is 31.9 Å². The van der Waals surface area contributed by atoms with Gasteiger partial charge in [0.15, 0.2) is 5.11 Å². The Balaban J connectivity index is 1.38. The van der Waals surface area contributed by atoms with Crippen molar-refractivity contribution in [2.45, 2.75) is 16.7 Å². The number of nitrogens with zero attached hydrogens (tertiary/aromatic N) is 2. The quantitative estimate of drug-likeness (QED) is 0.346. The van der Waals surface area contributed by atoms with E-state index in [2.05, 4.69) is 63.6 Å². The van der Waals surface area contributed by atoms with Crippen LogP contribution < -0.4 is 5.32 Å². The van der Waals surface area contributed by atoms with Crippen LogP contribution in [0.15, 0.2) is 89.8 Å². The van der Waals surface area contributed by atoms with Crippen molar-refractivity contribution in [2.24, 2.45) is 0 Å². The maximum absolute atomic E-state index is 12.5. The number of piperazine rings is 1. The Morgan fingerprint density at radius 1 is 0.781 bits per heavy atom. The molecule has 1 saturated heterocycles. The monoisotopic (exact) mass is 469 g/mol. The average molecular weight is 470 g/mol. The number of alkyl halides is 2. The first-order chi connectivity index (χ1) is 15.6. The molecule has 0 amide bonds. The number of anilines is 1. The molecule has 0 aliphatic carbocycles. The first-order valence-electron chi connectivity index (χ1n) is 10.5. The predicted octanol–water partition coefficient (Wildman–Crippen LogP) is 6.11. The summed E-state index contributed by atoms with van der Waals surface area (Å²) in [7, 11) is 0. The zero-order valence-electron chi connectivity index (χ0n) is 17.5. The van der Waals surface area contributed by atoms with Crippen molar-refractivity contribution >= 4 is 34.8 Å². The largest absolute Gasteiger partial charge is 0.346 e. The number of rotatable bonds is 6. The van der Waals surface area contributed by atoms with Crippen molar-refractivity contribution in [3.8, 4) is 0 Å². The number of nitrogens with one attached hydrogen (secondary N) is 1. The smallest absolute Gasteiger partial charge is 0.288 e. The summed E-state index contributed by atoms with van der Waals surface area (Å²) >= 11 is 6.16. The Kier molecular flexibility index (Phi) is 7.73. The highest BCUT2D eigenvalue weighted by Crippen LogP contribution is 2.30. The van der Waals surface area contributed by atoms with Gasteiger partial charge in [0, 0.05) is 36.8 Å². The zero-order valence-corrected chi connectivity index (χ0v) is 19.2. The molecule has 0 spiro atoms. The van der Waals surface area contributed by atoms with Gasteiger partial charge in [0.1, 0.15) is 0 Å². The normalized spacial score (nSPS) is 14.7. The lowest BCUT2D eigenvalue weighted by atomic mass is 9.96. The Morgan fingerprint density at radius 2 is 1.31 bits per heavy atom. The standard InChI is InChI=1S/C25H25F2N3S2/c26-24(27)32-22-13-11-21(12-14-22)28-25(31)30-17-15-29(16-18-30)23(19-7-3-1-4-8-19)20-9-5-2-6-10-20/h1-14,23-24H,15-18H2,(H,28,31). The van der Waals surface area contributed by atoms with Crippen LogP contribution in [0.2, 0.25) is 0 Å². The van der Waals surface area contributed by atoms with Crippen LogP contribution in [0, 0.1) is 0 Å². The van der Waals surface area contributed by atoms with Gasteiger partial charge in [0.2, 0.25) is 0 Å². The van der Waals surface area contributed by atoms with Crippen LogP contribution in [0.25, 0.3) is 0 Å². The minimum absolute atomic E-state index is 0.209. The minimum Gasteiger partial charge on any atom is -0.346 e. The van der Waals surface area contributed by atoms with Crippen molar-refractivity contribution in [2.75, 3.05) is 31.5 Å². The molecule has 3 nitrogen and oxygen atoms in total. The molecular weight excluding hydrogens is 444 g/mol. The van der Waals surface area contributed by atoms with Crippen LogP contribution >= 0.6 is 24.0 Å². The number of thiocarbonyl (C=S) groups is 1. The predicted molar refractivity (Wildman–Crippen MR) is 132 cm³/mol. The van der Waals surface area contributed by atoms with Gasteiger partial charge in [0.05, 0.1) is 6.04 Å². The second-order valence-electron chi connectivity index (χ2n) is 7.58. The summed E-state index contributed by atoms with van der Waals surface area (Å²) in [5, 5.41) is 3.90. The topological polar surface area (TPSA) is 18.5 Å². The van der Waals surface area contributed by atoms with E-state index in [4.69, 9.17) is 12.2 Å². The number of hydrogen-bond acceptors (Lipinski definition) is 3. The Hall–Kier alpha value is -2.48. The third-order valence-corrected chi connectivity index (χ3v) is 6.61. The van der Waals surface area contributed by atoms with Gasteiger partial charge in [-0.05, 0) is 47.6 Å². The van der Waals surface area contributed by atoms with E-state index in [9.17, 15) is 8.78 Å². The van der Waals surface area contributed by atoms with Crippen LogP contribution in [0.5, 0.6) is 0 Å². The van der Waals surface area contributed by atoms with E-state index < -0.39 is 5.76 Å². The van der Waals surface area contributed by atoms with Crippen molar-refractivity contribution in [1.82, 2.24) is 9.80 Å². The van der Waals surface area contributed by atoms with E-state index in [-0.39, 0.29) is 6.04 Å². The van der Waals surface area contributed by atoms with E-state index in [1.807, 2.05) is 12.1 Å². The molecule has 7 heteroatoms. The minimum atomic E-state index is -2.42. The van der Waals surface area contributed by atoms with Gasteiger partial charge in [-0.1, -0.05) is 72.4 Å². The molecule has 0 aromatic heterocycles. The fraction of sp³-hybridized carbons (Fsp3) is 0.240. The lowest BCUT2D eigenvalue weighted by Gasteiger charge is -2.40. The fourth-order valence-corrected chi connectivity index (χ4v) is 4.79. The van der Waals surface area contributed by atoms with Gasteiger partial charge >= 0.3 is 0 Å². The fourth-order valence-electron chi connectivity index (χ4n) is 3.99. The van der Waals surface area contributed by atoms with E-state index >= 15 is 0 Å². The Labute approximate surface area is 197 Å². The molecule has 3 aromatic rings. The molecule has 1 N–H and O–H groups in total. The van der Waals surface area contributed by atoms with Crippen LogP contribution in [-0.2, 0) is 0 Å². The summed E-state index contributed by atoms with van der Waals surface area (Å²) in [4.78, 5) is 5.21. The first kappa shape index (κ1) is 22.7. The summed E-state index contributed by atoms with van der Waals surface area (Å²) in [5.74, 6) is -2.42. The number of benzene rings is 3. The van der Waals surface area contributed by atoms with Crippen molar-refractivity contribution < 1.29 is 8.78 Å². The van der Waals surface area contributed by atoms with Gasteiger partial charge < -0.3 is 10.2 Å². The van der Waals surface area contributed by atoms with E-state index in [0.29, 0.717) is 21.8 Å². The van der Waals surface area contributed by atoms with Crippen LogP contribution in [-0.4, -0.2) is 46.8 Å². The van der Waals surface area contributed by atoms with Crippen molar-refractivity contribution in [1.29, 1.82) is 0 Å². The third-order valence-electron chi connectivity index (χ3n) is 5.53. The van der Waals surface area contributed by atoms with Crippen LogP contribution in [0.1, 0.15) is 17.2 Å². The molecule has 0 atom stereocenters. The number of thioether (sulfide) groups is 1. The summed E-state index contributed by atoms with van der Waals surface area (Å²) in [6.07, 6.45) is 0. The molecule has 0 bridgehead atoms. The summed E-state index contributed by atoms with van der Waals surface area (Å²) in [6.45, 7) is 3.42. The molecule has 4 rings (SSSR count). The lowest BCUT2D eigenvalue weighted by Crippen LogP contribution is -2.50. The second-order valence-corrected chi connectivity index (χ2v) is 9.03. The molecule has 1 heterocycles. The maximum atomic E-state index is 12.5. The summed E-state index contributed by atoms with van der Waals surface area (Å²) in [6, 6.07) is 28.3. The average Bonchev–Trinajstić information content (AvgIpc) is 2.82. The lowest BCUT2D eigenvalue weighted by molar-refractivity contribution is 0.151. The molecule has 1 aliphatic heterocycles. The molecule has 1 fully saturated rings. The van der Waals surface area contributed by atoms with Gasteiger partial charge in [0.25, 0.3) is 5.76 Å². The number of hydrogen-bond donors (Lipinski definition) is 1. The molecule has 0 radical (unpaired) electrons. The second kappa shape index (κ2) is 10.9. The summed E-state index contributed by atoms with van der Waals surface area (Å²) in [5.41, 5.74) is 3.38. The molecule has 3 aromatic carbocycles. The molecule has 0 unspecified atom stereocenters. The van der Waals surface area contributed by atoms with E-state index in [1.54, 1.807) is 24.3 Å². The Bertz CT molecular complexity index is 953. The maximum Gasteiger partial charge on any atom is 0.288 e. The molecule has 1 aliphatic rings. The Morgan fingerprint density at radius 3 is 1.81 bits per heavy atom. The molecule has 0 saturated carbocycles. The van der Waals surface area contributed by atoms with E-state index in [1.165, 1.54) is 11.1 Å². The zero-order chi connectivity index (χ0) is 22.3. The first-order valence-corrected chi connectivity index (χ1v) is 11.8. The number of halogens is 2.